The van der Waals surface area contributed by atoms with Gasteiger partial charge in [-0.25, -0.2) is 0 Å². The maximum absolute atomic E-state index is 12.9. The van der Waals surface area contributed by atoms with Crippen LogP contribution in [0.2, 0.25) is 0 Å². The van der Waals surface area contributed by atoms with Gasteiger partial charge in [-0.2, -0.15) is 0 Å². The lowest BCUT2D eigenvalue weighted by atomic mass is 10.0. The van der Waals surface area contributed by atoms with Gasteiger partial charge < -0.3 is 33.3 Å². The van der Waals surface area contributed by atoms with Gasteiger partial charge in [0.15, 0.2) is 12.4 Å². The Morgan fingerprint density at radius 2 is 0.557 bits per heavy atom. The molecule has 0 fully saturated rings. The van der Waals surface area contributed by atoms with E-state index in [2.05, 4.69) is 233 Å². The number of unbranched alkanes of at least 4 members (excludes halogenated alkanes) is 16. The van der Waals surface area contributed by atoms with E-state index in [0.29, 0.717) is 17.4 Å². The monoisotopic (exact) mass is 1340 g/mol. The zero-order chi connectivity index (χ0) is 70.4. The molecule has 0 amide bonds. The molecule has 2 unspecified atom stereocenters. The first-order valence-electron chi connectivity index (χ1n) is 37.9. The van der Waals surface area contributed by atoms with Crippen molar-refractivity contribution < 1.29 is 42.9 Å². The highest BCUT2D eigenvalue weighted by Crippen LogP contribution is 2.16. The van der Waals surface area contributed by atoms with Crippen molar-refractivity contribution in [3.8, 4) is 0 Å². The predicted molar refractivity (Wildman–Crippen MR) is 416 cm³/mol. The van der Waals surface area contributed by atoms with Crippen LogP contribution in [0.4, 0.5) is 0 Å². The summed E-state index contributed by atoms with van der Waals surface area (Å²) in [6, 6.07) is 0. The van der Waals surface area contributed by atoms with Crippen LogP contribution in [0.5, 0.6) is 0 Å². The molecule has 9 heteroatoms. The number of likely N-dealkylation sites (N-methyl/N-ethyl adjacent to an activating group) is 1. The van der Waals surface area contributed by atoms with Crippen LogP contribution >= 0.6 is 0 Å². The lowest BCUT2D eigenvalue weighted by molar-refractivity contribution is -0.870. The summed E-state index contributed by atoms with van der Waals surface area (Å²) in [6.45, 7) is 4.45. The van der Waals surface area contributed by atoms with Crippen LogP contribution in [0, 0.1) is 0 Å². The highest BCUT2D eigenvalue weighted by atomic mass is 16.7. The Morgan fingerprint density at radius 1 is 0.309 bits per heavy atom. The minimum absolute atomic E-state index is 0.128. The van der Waals surface area contributed by atoms with Gasteiger partial charge in [0.05, 0.1) is 40.3 Å². The molecule has 0 rings (SSSR count). The Hall–Kier alpha value is -6.39. The van der Waals surface area contributed by atoms with E-state index in [1.807, 2.05) is 21.1 Å². The Labute approximate surface area is 594 Å². The second kappa shape index (κ2) is 75.4. The van der Waals surface area contributed by atoms with Crippen molar-refractivity contribution in [3.05, 3.63) is 219 Å². The second-order valence-electron chi connectivity index (χ2n) is 25.5. The third kappa shape index (κ3) is 76.8. The largest absolute Gasteiger partial charge is 0.545 e. The molecular weight excluding hydrogens is 1200 g/mol. The van der Waals surface area contributed by atoms with E-state index in [1.54, 1.807) is 0 Å². The van der Waals surface area contributed by atoms with Crippen molar-refractivity contribution in [2.75, 3.05) is 47.5 Å². The van der Waals surface area contributed by atoms with Gasteiger partial charge in [0.25, 0.3) is 0 Å². The van der Waals surface area contributed by atoms with Crippen LogP contribution in [0.15, 0.2) is 219 Å². The van der Waals surface area contributed by atoms with E-state index in [1.165, 1.54) is 70.6 Å². The summed E-state index contributed by atoms with van der Waals surface area (Å²) in [7, 11) is 5.90. The first-order chi connectivity index (χ1) is 47.6. The van der Waals surface area contributed by atoms with Gasteiger partial charge in [-0.3, -0.25) is 9.59 Å². The number of carbonyl (C=O) groups is 3. The van der Waals surface area contributed by atoms with Crippen LogP contribution in [0.1, 0.15) is 258 Å². The van der Waals surface area contributed by atoms with Crippen LogP contribution in [0.3, 0.4) is 0 Å². The predicted octanol–water partition coefficient (Wildman–Crippen LogP) is 23.1. The molecular formula is C88H137NO8. The highest BCUT2D eigenvalue weighted by Gasteiger charge is 2.22. The third-order valence-electron chi connectivity index (χ3n) is 15.2. The number of carboxylic acid groups (broad SMARTS) is 1. The van der Waals surface area contributed by atoms with E-state index >= 15 is 0 Å². The number of carbonyl (C=O) groups excluding carboxylic acids is 3. The number of nitrogens with zero attached hydrogens (tertiary/aromatic N) is 1. The molecule has 97 heavy (non-hydrogen) atoms. The van der Waals surface area contributed by atoms with Crippen molar-refractivity contribution in [3.63, 3.8) is 0 Å². The number of ether oxygens (including phenoxy) is 4. The molecule has 2 atom stereocenters. The summed E-state index contributed by atoms with van der Waals surface area (Å²) in [5.74, 6) is -2.36. The summed E-state index contributed by atoms with van der Waals surface area (Å²) >= 11 is 0. The van der Waals surface area contributed by atoms with Gasteiger partial charge in [-0.05, 0) is 154 Å². The number of aliphatic carboxylic acids is 1. The molecule has 0 radical (unpaired) electrons. The molecule has 0 heterocycles. The van der Waals surface area contributed by atoms with E-state index in [-0.39, 0.29) is 38.6 Å². The average molecular weight is 1340 g/mol. The molecule has 0 aliphatic carbocycles. The molecule has 0 bridgehead atoms. The number of hydrogen-bond acceptors (Lipinski definition) is 8. The topological polar surface area (TPSA) is 111 Å². The SMILES string of the molecule is CC/C=C\C/C=C\C/C=C\C/C=C\C/C=C\C/C=C\C/C=C\C/C=C\C/C=C\C/C=C\C/C=C\C/C=C\CCCCC(=O)OC(COC(=O)CCCCCCCCCCCCCCCC/C=C\C/C=C\C/C=C\C/C=C\C/C=C\C/C=C\CC)COC(OCC[N+](C)(C)C)C(=O)[O-]. The molecule has 0 aliphatic rings. The summed E-state index contributed by atoms with van der Waals surface area (Å²) in [4.78, 5) is 37.5. The van der Waals surface area contributed by atoms with Gasteiger partial charge in [0.2, 0.25) is 0 Å². The molecule has 0 aromatic heterocycles. The highest BCUT2D eigenvalue weighted by molar-refractivity contribution is 5.70. The lowest BCUT2D eigenvalue weighted by Gasteiger charge is -2.26. The van der Waals surface area contributed by atoms with E-state index in [9.17, 15) is 19.5 Å². The summed E-state index contributed by atoms with van der Waals surface area (Å²) < 4.78 is 22.7. The Balaban J connectivity index is 4.24. The van der Waals surface area contributed by atoms with E-state index < -0.39 is 24.3 Å². The van der Waals surface area contributed by atoms with Crippen molar-refractivity contribution in [2.45, 2.75) is 270 Å². The zero-order valence-corrected chi connectivity index (χ0v) is 61.9. The molecule has 0 saturated carbocycles. The quantitative estimate of drug-likeness (QED) is 0.0195. The van der Waals surface area contributed by atoms with E-state index in [0.717, 1.165) is 154 Å². The van der Waals surface area contributed by atoms with Gasteiger partial charge in [-0.15, -0.1) is 0 Å². The minimum Gasteiger partial charge on any atom is -0.545 e. The minimum atomic E-state index is -1.65. The van der Waals surface area contributed by atoms with Crippen LogP contribution in [0.25, 0.3) is 0 Å². The van der Waals surface area contributed by atoms with Crippen LogP contribution < -0.4 is 5.11 Å². The van der Waals surface area contributed by atoms with Gasteiger partial charge in [0, 0.05) is 12.8 Å². The average Bonchev–Trinajstić information content (AvgIpc) is 2.39. The summed E-state index contributed by atoms with van der Waals surface area (Å²) in [5.41, 5.74) is 0. The van der Waals surface area contributed by atoms with Crippen molar-refractivity contribution in [1.29, 1.82) is 0 Å². The van der Waals surface area contributed by atoms with Crippen molar-refractivity contribution in [1.82, 2.24) is 0 Å². The molecule has 0 N–H and O–H groups in total. The number of allylic oxidation sites excluding steroid dienone is 36. The van der Waals surface area contributed by atoms with Gasteiger partial charge >= 0.3 is 11.9 Å². The van der Waals surface area contributed by atoms with Crippen molar-refractivity contribution >= 4 is 17.9 Å². The maximum Gasteiger partial charge on any atom is 0.306 e. The normalized spacial score (nSPS) is 13.9. The van der Waals surface area contributed by atoms with Crippen LogP contribution in [-0.2, 0) is 33.3 Å². The van der Waals surface area contributed by atoms with E-state index in [4.69, 9.17) is 18.9 Å². The Kier molecular flexibility index (Phi) is 70.4. The first-order valence-corrected chi connectivity index (χ1v) is 37.9. The number of rotatable bonds is 67. The molecule has 0 saturated heterocycles. The molecule has 0 spiro atoms. The Morgan fingerprint density at radius 3 is 0.845 bits per heavy atom. The fourth-order valence-electron chi connectivity index (χ4n) is 9.52. The standard InChI is InChI=1S/C88H137NO8/c1-6-8-10-12-14-16-18-20-22-24-26-28-30-32-34-36-38-40-41-42-43-44-45-47-49-51-53-55-57-59-61-63-65-67-69-71-73-75-77-79-86(91)97-84(83-96-88(87(92)93)94-81-80-89(3,4)5)82-95-85(90)78-76-74-72-70-68-66-64-62-60-58-56-54-52-50-48-46-39-37-35-33-31-29-27-25-23-21-19-17-15-13-11-9-7-2/h8-11,14-17,20-23,26-29,32-35,38-40,42-43,45-47,51,53,57,59,63,65,69,71,84,88H,6-7,12-13,18-19,24-25,30-31,36-37,41,44,48-50,52,54-56,58,60-62,64,66-68,70,72-83H2,1-5H3/b10-8-,11-9-,16-14-,17-15-,22-20-,23-21-,28-26-,29-27-,34-32-,35-33-,40-38-,43-42-,46-39-,47-45-,53-51-,59-57-,65-63-,71-69-. The van der Waals surface area contributed by atoms with Crippen LogP contribution in [-0.4, -0.2) is 82.3 Å². The Bertz CT molecular complexity index is 2400. The van der Waals surface area contributed by atoms with Gasteiger partial charge in [0.1, 0.15) is 13.2 Å². The second-order valence-corrected chi connectivity index (χ2v) is 25.5. The maximum atomic E-state index is 12.9. The third-order valence-corrected chi connectivity index (χ3v) is 15.2. The molecule has 542 valence electrons. The number of esters is 2. The number of quaternary nitrogens is 1. The fourth-order valence-corrected chi connectivity index (χ4v) is 9.52. The van der Waals surface area contributed by atoms with Crippen molar-refractivity contribution in [2.24, 2.45) is 0 Å². The molecule has 0 aliphatic heterocycles. The van der Waals surface area contributed by atoms with Gasteiger partial charge in [-0.1, -0.05) is 310 Å². The molecule has 0 aromatic carbocycles. The lowest BCUT2D eigenvalue weighted by Crippen LogP contribution is -2.44. The first kappa shape index (κ1) is 90.6. The fraction of sp³-hybridized carbons (Fsp3) is 0.557. The molecule has 9 nitrogen and oxygen atoms in total. The summed E-state index contributed by atoms with van der Waals surface area (Å²) in [5, 5.41) is 11.8. The number of hydrogen-bond donors (Lipinski definition) is 0. The summed E-state index contributed by atoms with van der Waals surface area (Å²) in [6.07, 6.45) is 116. The smallest absolute Gasteiger partial charge is 0.306 e. The molecule has 0 aromatic rings. The number of carboxylic acids is 1. The zero-order valence-electron chi connectivity index (χ0n) is 61.9.